The van der Waals surface area contributed by atoms with E-state index in [1.54, 1.807) is 20.0 Å². The first-order valence-corrected chi connectivity index (χ1v) is 29.4. The van der Waals surface area contributed by atoms with Crippen LogP contribution in [-0.4, -0.2) is 177 Å². The second kappa shape index (κ2) is 33.7. The maximum absolute atomic E-state index is 14.2. The molecule has 1 unspecified atom stereocenters. The molecule has 20 N–H and O–H groups in total. The van der Waals surface area contributed by atoms with E-state index in [0.717, 1.165) is 42.0 Å². The summed E-state index contributed by atoms with van der Waals surface area (Å²) in [5.74, 6) is -9.37. The second-order valence-corrected chi connectivity index (χ2v) is 22.8. The molecule has 3 aromatic rings. The summed E-state index contributed by atoms with van der Waals surface area (Å²) in [6, 6.07) is 0.355. The van der Waals surface area contributed by atoms with Crippen LogP contribution in [0, 0.1) is 11.8 Å². The molecule has 2 fully saturated rings. The van der Waals surface area contributed by atoms with Crippen LogP contribution >= 0.6 is 0 Å². The topological polar surface area (TPSA) is 478 Å². The van der Waals surface area contributed by atoms with E-state index < -0.39 is 132 Å². The van der Waals surface area contributed by atoms with Gasteiger partial charge in [0.1, 0.15) is 54.1 Å². The van der Waals surface area contributed by atoms with Gasteiger partial charge >= 0.3 is 6.03 Å². The number of aromatic hydroxyl groups is 1. The van der Waals surface area contributed by atoms with Gasteiger partial charge in [0, 0.05) is 57.0 Å². The number of aliphatic hydroxyl groups is 2. The number of urea groups is 1. The predicted octanol–water partition coefficient (Wildman–Crippen LogP) is -2.68. The average Bonchev–Trinajstić information content (AvgIpc) is 3.28. The molecule has 1 saturated heterocycles. The minimum absolute atomic E-state index is 0.0249. The van der Waals surface area contributed by atoms with Crippen LogP contribution in [0.1, 0.15) is 109 Å². The van der Waals surface area contributed by atoms with Crippen molar-refractivity contribution >= 4 is 82.0 Å². The van der Waals surface area contributed by atoms with Crippen LogP contribution < -0.4 is 70.6 Å². The molecule has 30 heteroatoms. The number of nitrogens with zero attached hydrogens (tertiary/aromatic N) is 2. The Labute approximate surface area is 509 Å². The lowest BCUT2D eigenvalue weighted by Crippen LogP contribution is -2.63. The molecule has 0 radical (unpaired) electrons. The number of nitrogens with two attached hydrogens (primary N) is 3. The average molecular weight is 1230 g/mol. The van der Waals surface area contributed by atoms with E-state index in [2.05, 4.69) is 63.4 Å². The number of likely N-dealkylation sites (tertiary alicyclic amines) is 1. The van der Waals surface area contributed by atoms with E-state index in [1.165, 1.54) is 38.2 Å². The van der Waals surface area contributed by atoms with E-state index in [9.17, 15) is 68.1 Å². The lowest BCUT2D eigenvalue weighted by atomic mass is 9.84. The van der Waals surface area contributed by atoms with Crippen molar-refractivity contribution in [2.75, 3.05) is 20.1 Å². The highest BCUT2D eigenvalue weighted by molar-refractivity contribution is 5.99. The molecule has 88 heavy (non-hydrogen) atoms. The summed E-state index contributed by atoms with van der Waals surface area (Å²) in [7, 11) is 1.48. The van der Waals surface area contributed by atoms with Crippen molar-refractivity contribution in [1.29, 1.82) is 0 Å². The van der Waals surface area contributed by atoms with Gasteiger partial charge in [-0.1, -0.05) is 76.3 Å². The Morgan fingerprint density at radius 3 is 1.99 bits per heavy atom. The lowest BCUT2D eigenvalue weighted by molar-refractivity contribution is -0.144. The number of fused-ring (bicyclic) bond motifs is 1. The standard InChI is InChI=1S/C58H86N16O14/c1-30(2)24-41(51(82)66-39(16-11-22-63-57(61)62-5)50(81)67-40(49(60)80)27-35-29-64-38-15-10-9-14-37(35)38)70-58(88)73-72-53(84)42(25-33-12-7-6-8-13-33)68-54(85)47(31(3)75)71-52(83)43(28-46(59)79)69-55(86)48-45(78)21-23-74(48)56(87)44(65-32(4)76)26-34-17-19-36(77)20-18-34/h9-10,14-15,17-20,29-31,33,39-45,47-48,64,75,77-78H,6-8,11-13,16,21-28H2,1-5H3,(H2,59,79)(H2,60,80)(H,65,76)(H,66,82)(H,67,81)(H,68,85)(H,69,86)(H,71,83)(H,72,84)(H3,61,62,63)(H2,70,73,88)/t31-,39+,40+,41+,42+,43+,44-,45?,47+,48+/m1/s1. The molecule has 2 heterocycles. The normalized spacial score (nSPS) is 18.0. The zero-order chi connectivity index (χ0) is 64.8. The number of aliphatic imine (C=N–C) groups is 1. The fraction of sp³-hybridized carbons (Fsp3) is 0.552. The van der Waals surface area contributed by atoms with Crippen LogP contribution in [0.15, 0.2) is 59.7 Å². The van der Waals surface area contributed by atoms with E-state index in [1.807, 2.05) is 24.3 Å². The number of aliphatic hydroxyl groups excluding tert-OH is 2. The van der Waals surface area contributed by atoms with Crippen LogP contribution in [0.5, 0.6) is 5.75 Å². The van der Waals surface area contributed by atoms with Gasteiger partial charge in [0.05, 0.1) is 18.6 Å². The summed E-state index contributed by atoms with van der Waals surface area (Å²) in [5.41, 5.74) is 23.6. The Bertz CT molecular complexity index is 2970. The minimum Gasteiger partial charge on any atom is -0.508 e. The number of hydrogen-bond donors (Lipinski definition) is 17. The first-order valence-electron chi connectivity index (χ1n) is 29.4. The smallest absolute Gasteiger partial charge is 0.334 e. The van der Waals surface area contributed by atoms with Crippen LogP contribution in [0.3, 0.4) is 0 Å². The number of aromatic nitrogens is 1. The lowest BCUT2D eigenvalue weighted by Gasteiger charge is -2.31. The van der Waals surface area contributed by atoms with Crippen molar-refractivity contribution in [2.45, 2.75) is 172 Å². The number of nitrogens with one attached hydrogen (secondary N) is 11. The number of carbonyl (C=O) groups is 11. The number of phenolic OH excluding ortho intramolecular Hbond substituents is 1. The van der Waals surface area contributed by atoms with E-state index in [-0.39, 0.29) is 81.6 Å². The third-order valence-corrected chi connectivity index (χ3v) is 15.2. The van der Waals surface area contributed by atoms with Gasteiger partial charge in [-0.3, -0.25) is 58.4 Å². The molecular formula is C58H86N16O14. The number of guanidine groups is 1. The number of rotatable bonds is 30. The quantitative estimate of drug-likeness (QED) is 0.0140. The first kappa shape index (κ1) is 69.7. The predicted molar refractivity (Wildman–Crippen MR) is 321 cm³/mol. The zero-order valence-electron chi connectivity index (χ0n) is 50.2. The highest BCUT2D eigenvalue weighted by Gasteiger charge is 2.45. The first-order chi connectivity index (χ1) is 41.7. The summed E-state index contributed by atoms with van der Waals surface area (Å²) in [6.45, 7) is 5.98. The van der Waals surface area contributed by atoms with Gasteiger partial charge in [-0.2, -0.15) is 0 Å². The summed E-state index contributed by atoms with van der Waals surface area (Å²) in [6.07, 6.45) is 1.86. The number of hydrogen-bond acceptors (Lipinski definition) is 15. The van der Waals surface area contributed by atoms with Gasteiger partial charge in [-0.15, -0.1) is 0 Å². The third kappa shape index (κ3) is 21.4. The fourth-order valence-corrected chi connectivity index (χ4v) is 10.7. The van der Waals surface area contributed by atoms with Crippen LogP contribution in [0.2, 0.25) is 0 Å². The van der Waals surface area contributed by atoms with Gasteiger partial charge in [0.2, 0.25) is 53.2 Å². The maximum atomic E-state index is 14.2. The van der Waals surface area contributed by atoms with Gasteiger partial charge in [-0.05, 0) is 80.2 Å². The molecule has 1 aromatic heterocycles. The summed E-state index contributed by atoms with van der Waals surface area (Å²) in [5, 5.41) is 53.0. The van der Waals surface area contributed by atoms with Crippen molar-refractivity contribution in [3.8, 4) is 5.75 Å². The van der Waals surface area contributed by atoms with Crippen LogP contribution in [0.4, 0.5) is 4.79 Å². The fourth-order valence-electron chi connectivity index (χ4n) is 10.7. The number of H-pyrrole nitrogens is 1. The molecule has 10 atom stereocenters. The molecule has 5 rings (SSSR count). The molecule has 482 valence electrons. The van der Waals surface area contributed by atoms with Gasteiger partial charge in [-0.25, -0.2) is 10.2 Å². The zero-order valence-corrected chi connectivity index (χ0v) is 50.2. The molecule has 0 spiro atoms. The molecule has 1 aliphatic heterocycles. The molecule has 30 nitrogen and oxygen atoms in total. The van der Waals surface area contributed by atoms with E-state index in [4.69, 9.17) is 17.2 Å². The molecule has 12 amide bonds. The Balaban J connectivity index is 1.27. The Hall–Kier alpha value is -9.06. The SMILES string of the molecule is CN=C(N)NCCC[C@H](NC(=O)[C@H](CC(C)C)NC(=O)NNC(=O)[C@H](CC1CCCCC1)NC(=O)[C@@H](NC(=O)[C@H](CC(N)=O)NC(=O)[C@@H]1C(O)CCN1C(=O)[C@@H](Cc1ccc(O)cc1)NC(C)=O)[C@@H](C)O)C(=O)N[C@@H](Cc1c[nH]c2ccccc12)C(N)=O. The van der Waals surface area contributed by atoms with Crippen LogP contribution in [0.25, 0.3) is 10.9 Å². The Morgan fingerprint density at radius 2 is 1.35 bits per heavy atom. The summed E-state index contributed by atoms with van der Waals surface area (Å²) in [4.78, 5) is 157. The van der Waals surface area contributed by atoms with Crippen molar-refractivity contribution in [3.05, 3.63) is 65.9 Å². The number of phenols is 1. The molecular weight excluding hydrogens is 1140 g/mol. The molecule has 1 aliphatic carbocycles. The highest BCUT2D eigenvalue weighted by Crippen LogP contribution is 2.28. The number of carbonyl (C=O) groups excluding carboxylic acids is 11. The molecule has 2 aliphatic rings. The van der Waals surface area contributed by atoms with Crippen molar-refractivity contribution in [1.82, 2.24) is 63.3 Å². The van der Waals surface area contributed by atoms with Crippen molar-refractivity contribution < 1.29 is 68.1 Å². The number of para-hydroxylation sites is 1. The van der Waals surface area contributed by atoms with Gasteiger partial charge in [0.15, 0.2) is 5.96 Å². The largest absolute Gasteiger partial charge is 0.508 e. The summed E-state index contributed by atoms with van der Waals surface area (Å²) >= 11 is 0. The number of hydrazine groups is 1. The van der Waals surface area contributed by atoms with E-state index >= 15 is 0 Å². The van der Waals surface area contributed by atoms with Gasteiger partial charge < -0.3 is 84.9 Å². The monoisotopic (exact) mass is 1230 g/mol. The summed E-state index contributed by atoms with van der Waals surface area (Å²) < 4.78 is 0. The highest BCUT2D eigenvalue weighted by atomic mass is 16.3. The Kier molecular flexibility index (Phi) is 26.7. The van der Waals surface area contributed by atoms with Gasteiger partial charge in [0.25, 0.3) is 5.91 Å². The van der Waals surface area contributed by atoms with E-state index in [0.29, 0.717) is 24.0 Å². The molecule has 0 bridgehead atoms. The third-order valence-electron chi connectivity index (χ3n) is 15.2. The minimum atomic E-state index is -1.85. The molecule has 1 saturated carbocycles. The Morgan fingerprint density at radius 1 is 0.705 bits per heavy atom. The second-order valence-electron chi connectivity index (χ2n) is 22.8. The molecule has 2 aromatic carbocycles. The maximum Gasteiger partial charge on any atom is 0.334 e. The van der Waals surface area contributed by atoms with Crippen LogP contribution in [-0.2, 0) is 60.8 Å². The number of benzene rings is 2. The van der Waals surface area contributed by atoms with Crippen molar-refractivity contribution in [3.63, 3.8) is 0 Å². The van der Waals surface area contributed by atoms with Crippen molar-refractivity contribution in [2.24, 2.45) is 34.0 Å². The number of amides is 12. The number of primary amides is 2. The number of aromatic amines is 1.